The zero-order valence-electron chi connectivity index (χ0n) is 14.9. The summed E-state index contributed by atoms with van der Waals surface area (Å²) in [7, 11) is 0. The largest absolute Gasteiger partial charge is 0.317 e. The van der Waals surface area contributed by atoms with Crippen LogP contribution in [0.3, 0.4) is 0 Å². The highest BCUT2D eigenvalue weighted by atomic mass is 14.8. The van der Waals surface area contributed by atoms with E-state index in [1.54, 1.807) is 0 Å². The second-order valence-electron chi connectivity index (χ2n) is 6.55. The van der Waals surface area contributed by atoms with Crippen LogP contribution in [0, 0.1) is 6.92 Å². The van der Waals surface area contributed by atoms with Gasteiger partial charge in [0.15, 0.2) is 0 Å². The quantitative estimate of drug-likeness (QED) is 0.278. The van der Waals surface area contributed by atoms with E-state index in [0.717, 1.165) is 6.42 Å². The van der Waals surface area contributed by atoms with Gasteiger partial charge in [-0.05, 0) is 25.9 Å². The topological polar surface area (TPSA) is 12.0 Å². The average Bonchev–Trinajstić information content (AvgIpc) is 2.50. The minimum atomic E-state index is 1.10. The van der Waals surface area contributed by atoms with Gasteiger partial charge in [0.1, 0.15) is 0 Å². The monoisotopic (exact) mass is 296 g/mol. The zero-order chi connectivity index (χ0) is 15.4. The summed E-state index contributed by atoms with van der Waals surface area (Å²) >= 11 is 0. The maximum Gasteiger partial charge on any atom is -0.00489 e. The first kappa shape index (κ1) is 21.0. The summed E-state index contributed by atoms with van der Waals surface area (Å²) in [6.45, 7) is 8.60. The molecule has 127 valence electrons. The van der Waals surface area contributed by atoms with Crippen molar-refractivity contribution in [2.24, 2.45) is 0 Å². The van der Waals surface area contributed by atoms with Crippen molar-refractivity contribution < 1.29 is 0 Å². The van der Waals surface area contributed by atoms with E-state index in [2.05, 4.69) is 19.2 Å². The smallest absolute Gasteiger partial charge is 0.00489 e. The maximum absolute atomic E-state index is 3.88. The Kier molecular flexibility index (Phi) is 19.9. The molecule has 0 heterocycles. The zero-order valence-corrected chi connectivity index (χ0v) is 14.9. The Balaban J connectivity index is 2.90. The van der Waals surface area contributed by atoms with E-state index in [9.17, 15) is 0 Å². The molecule has 0 rings (SSSR count). The fourth-order valence-electron chi connectivity index (χ4n) is 2.82. The van der Waals surface area contributed by atoms with E-state index in [4.69, 9.17) is 0 Å². The third-order valence-electron chi connectivity index (χ3n) is 4.31. The molecule has 0 unspecified atom stereocenters. The Hall–Kier alpha value is -0.0400. The number of nitrogens with one attached hydrogen (secondary N) is 1. The van der Waals surface area contributed by atoms with Gasteiger partial charge in [-0.1, -0.05) is 104 Å². The molecule has 0 aliphatic heterocycles. The van der Waals surface area contributed by atoms with E-state index in [1.807, 2.05) is 0 Å². The molecule has 0 spiro atoms. The summed E-state index contributed by atoms with van der Waals surface area (Å²) in [4.78, 5) is 0. The Morgan fingerprint density at radius 1 is 0.524 bits per heavy atom. The van der Waals surface area contributed by atoms with Crippen LogP contribution in [-0.4, -0.2) is 13.1 Å². The van der Waals surface area contributed by atoms with Gasteiger partial charge in [0.25, 0.3) is 0 Å². The minimum absolute atomic E-state index is 1.10. The Morgan fingerprint density at radius 3 is 1.33 bits per heavy atom. The van der Waals surface area contributed by atoms with Crippen molar-refractivity contribution in [3.63, 3.8) is 0 Å². The van der Waals surface area contributed by atoms with Gasteiger partial charge in [0.2, 0.25) is 0 Å². The number of hydrogen-bond donors (Lipinski definition) is 1. The van der Waals surface area contributed by atoms with Crippen LogP contribution in [0.2, 0.25) is 0 Å². The molecule has 0 aliphatic carbocycles. The highest BCUT2D eigenvalue weighted by molar-refractivity contribution is 4.52. The summed E-state index contributed by atoms with van der Waals surface area (Å²) < 4.78 is 0. The van der Waals surface area contributed by atoms with E-state index < -0.39 is 0 Å². The van der Waals surface area contributed by atoms with Crippen LogP contribution in [-0.2, 0) is 0 Å². The molecule has 0 aromatic carbocycles. The van der Waals surface area contributed by atoms with Crippen molar-refractivity contribution in [2.45, 2.75) is 110 Å². The van der Waals surface area contributed by atoms with Gasteiger partial charge < -0.3 is 5.32 Å². The SMILES string of the molecule is [CH2]CCCCCNCCCCCCCCCCCCCC. The van der Waals surface area contributed by atoms with E-state index >= 15 is 0 Å². The van der Waals surface area contributed by atoms with Crippen molar-refractivity contribution in [3.05, 3.63) is 6.92 Å². The molecule has 1 N–H and O–H groups in total. The lowest BCUT2D eigenvalue weighted by Gasteiger charge is -2.05. The Morgan fingerprint density at radius 2 is 0.905 bits per heavy atom. The lowest BCUT2D eigenvalue weighted by molar-refractivity contribution is 0.530. The summed E-state index contributed by atoms with van der Waals surface area (Å²) in [5.41, 5.74) is 0. The first-order chi connectivity index (χ1) is 10.4. The predicted molar refractivity (Wildman–Crippen MR) is 97.8 cm³/mol. The molecule has 0 saturated carbocycles. The molecular formula is C20H42N. The van der Waals surface area contributed by atoms with Crippen LogP contribution in [0.25, 0.3) is 0 Å². The molecule has 1 heteroatoms. The van der Waals surface area contributed by atoms with Crippen LogP contribution < -0.4 is 5.32 Å². The molecule has 21 heavy (non-hydrogen) atoms. The molecule has 1 radical (unpaired) electrons. The molecular weight excluding hydrogens is 254 g/mol. The second-order valence-corrected chi connectivity index (χ2v) is 6.55. The summed E-state index contributed by atoms with van der Waals surface area (Å²) in [6.07, 6.45) is 22.3. The van der Waals surface area contributed by atoms with Gasteiger partial charge in [-0.3, -0.25) is 0 Å². The van der Waals surface area contributed by atoms with Crippen LogP contribution in [0.5, 0.6) is 0 Å². The minimum Gasteiger partial charge on any atom is -0.317 e. The van der Waals surface area contributed by atoms with E-state index in [1.165, 1.54) is 109 Å². The number of hydrogen-bond acceptors (Lipinski definition) is 1. The van der Waals surface area contributed by atoms with Gasteiger partial charge in [-0.15, -0.1) is 0 Å². The number of rotatable bonds is 18. The van der Waals surface area contributed by atoms with E-state index in [0.29, 0.717) is 0 Å². The van der Waals surface area contributed by atoms with Crippen molar-refractivity contribution in [1.82, 2.24) is 5.32 Å². The maximum atomic E-state index is 3.88. The van der Waals surface area contributed by atoms with Crippen LogP contribution in [0.4, 0.5) is 0 Å². The third kappa shape index (κ3) is 20.0. The summed E-state index contributed by atoms with van der Waals surface area (Å²) in [5, 5.41) is 3.56. The van der Waals surface area contributed by atoms with Crippen molar-refractivity contribution in [2.75, 3.05) is 13.1 Å². The average molecular weight is 297 g/mol. The predicted octanol–water partition coefficient (Wildman–Crippen LogP) is 6.67. The van der Waals surface area contributed by atoms with Crippen molar-refractivity contribution in [3.8, 4) is 0 Å². The summed E-state index contributed by atoms with van der Waals surface area (Å²) in [6, 6.07) is 0. The van der Waals surface area contributed by atoms with E-state index in [-0.39, 0.29) is 0 Å². The standard InChI is InChI=1S/C20H42N/c1-3-5-7-9-10-11-12-13-14-15-16-18-20-21-19-17-8-6-4-2/h21H,2-20H2,1H3. The fourth-order valence-corrected chi connectivity index (χ4v) is 2.82. The molecule has 0 aliphatic rings. The molecule has 0 saturated heterocycles. The Bertz CT molecular complexity index is 149. The van der Waals surface area contributed by atoms with Crippen molar-refractivity contribution >= 4 is 0 Å². The van der Waals surface area contributed by atoms with Crippen molar-refractivity contribution in [1.29, 1.82) is 0 Å². The molecule has 0 aromatic heterocycles. The normalized spacial score (nSPS) is 11.1. The second kappa shape index (κ2) is 20.0. The first-order valence-corrected chi connectivity index (χ1v) is 9.91. The fraction of sp³-hybridized carbons (Fsp3) is 0.950. The van der Waals surface area contributed by atoms with Crippen LogP contribution >= 0.6 is 0 Å². The first-order valence-electron chi connectivity index (χ1n) is 9.91. The van der Waals surface area contributed by atoms with Gasteiger partial charge in [0.05, 0.1) is 0 Å². The highest BCUT2D eigenvalue weighted by Gasteiger charge is 1.94. The van der Waals surface area contributed by atoms with Crippen LogP contribution in [0.15, 0.2) is 0 Å². The third-order valence-corrected chi connectivity index (χ3v) is 4.31. The molecule has 0 atom stereocenters. The van der Waals surface area contributed by atoms with Gasteiger partial charge in [-0.2, -0.15) is 0 Å². The van der Waals surface area contributed by atoms with Crippen LogP contribution in [0.1, 0.15) is 110 Å². The molecule has 0 aromatic rings. The Labute approximate surface area is 135 Å². The molecule has 1 nitrogen and oxygen atoms in total. The van der Waals surface area contributed by atoms with Gasteiger partial charge in [0, 0.05) is 0 Å². The molecule has 0 bridgehead atoms. The highest BCUT2D eigenvalue weighted by Crippen LogP contribution is 2.11. The lowest BCUT2D eigenvalue weighted by Crippen LogP contribution is -2.16. The number of unbranched alkanes of at least 4 members (excludes halogenated alkanes) is 14. The lowest BCUT2D eigenvalue weighted by atomic mass is 10.1. The summed E-state index contributed by atoms with van der Waals surface area (Å²) in [5.74, 6) is 0. The molecule has 0 fully saturated rings. The molecule has 0 amide bonds. The van der Waals surface area contributed by atoms with Gasteiger partial charge in [-0.25, -0.2) is 0 Å². The van der Waals surface area contributed by atoms with Gasteiger partial charge >= 0.3 is 0 Å².